The largest absolute Gasteiger partial charge is 0.481 e. The van der Waals surface area contributed by atoms with Crippen LogP contribution in [-0.2, 0) is 11.3 Å². The van der Waals surface area contributed by atoms with E-state index in [1.807, 2.05) is 0 Å². The Morgan fingerprint density at radius 1 is 1.73 bits per heavy atom. The fraction of sp³-hybridized carbons (Fsp3) is 0.750. The van der Waals surface area contributed by atoms with Gasteiger partial charge in [-0.2, -0.15) is 5.21 Å². The van der Waals surface area contributed by atoms with E-state index < -0.39 is 11.4 Å². The molecule has 2 fully saturated rings. The molecule has 1 saturated heterocycles. The van der Waals surface area contributed by atoms with Crippen LogP contribution in [-0.4, -0.2) is 49.7 Å². The Morgan fingerprint density at radius 3 is 3.20 bits per heavy atom. The maximum atomic E-state index is 11.0. The molecule has 1 aromatic rings. The third-order valence-corrected chi connectivity index (χ3v) is 3.40. The molecule has 0 radical (unpaired) electrons. The van der Waals surface area contributed by atoms with Crippen molar-refractivity contribution < 1.29 is 9.90 Å². The average Bonchev–Trinajstić information content (AvgIpc) is 2.64. The molecule has 1 aliphatic carbocycles. The number of nitrogens with one attached hydrogen (secondary N) is 1. The van der Waals surface area contributed by atoms with Crippen molar-refractivity contribution in [3.63, 3.8) is 0 Å². The van der Waals surface area contributed by atoms with Crippen molar-refractivity contribution in [1.82, 2.24) is 25.5 Å². The molecule has 80 valence electrons. The molecule has 2 unspecified atom stereocenters. The number of aromatic nitrogens is 4. The van der Waals surface area contributed by atoms with Crippen LogP contribution in [0, 0.1) is 11.3 Å². The molecule has 1 aromatic heterocycles. The SMILES string of the molecule is O=C(O)C12CC1CN(Cc1nn[nH]n1)C2. The second-order valence-corrected chi connectivity index (χ2v) is 4.36. The number of aliphatic carboxylic acids is 1. The van der Waals surface area contributed by atoms with Gasteiger partial charge in [0.2, 0.25) is 0 Å². The molecule has 2 heterocycles. The second-order valence-electron chi connectivity index (χ2n) is 4.36. The third-order valence-electron chi connectivity index (χ3n) is 3.40. The molecule has 3 rings (SSSR count). The lowest BCUT2D eigenvalue weighted by Crippen LogP contribution is -2.28. The van der Waals surface area contributed by atoms with Crippen molar-refractivity contribution in [3.05, 3.63) is 5.82 Å². The first-order valence-electron chi connectivity index (χ1n) is 4.89. The minimum Gasteiger partial charge on any atom is -0.481 e. The zero-order valence-electron chi connectivity index (χ0n) is 8.05. The summed E-state index contributed by atoms with van der Waals surface area (Å²) in [6, 6.07) is 0. The first kappa shape index (κ1) is 8.78. The average molecular weight is 209 g/mol. The van der Waals surface area contributed by atoms with Crippen LogP contribution >= 0.6 is 0 Å². The van der Waals surface area contributed by atoms with E-state index in [-0.39, 0.29) is 0 Å². The lowest BCUT2D eigenvalue weighted by molar-refractivity contribution is -0.143. The summed E-state index contributed by atoms with van der Waals surface area (Å²) >= 11 is 0. The minimum absolute atomic E-state index is 0.321. The summed E-state index contributed by atoms with van der Waals surface area (Å²) in [6.45, 7) is 2.03. The van der Waals surface area contributed by atoms with Crippen LogP contribution in [0.1, 0.15) is 12.2 Å². The molecular weight excluding hydrogens is 198 g/mol. The fourth-order valence-electron chi connectivity index (χ4n) is 2.49. The van der Waals surface area contributed by atoms with Gasteiger partial charge in [0.05, 0.1) is 12.0 Å². The lowest BCUT2D eigenvalue weighted by atomic mass is 10.1. The Balaban J connectivity index is 1.66. The van der Waals surface area contributed by atoms with E-state index in [9.17, 15) is 4.79 Å². The van der Waals surface area contributed by atoms with Crippen molar-refractivity contribution in [1.29, 1.82) is 0 Å². The van der Waals surface area contributed by atoms with Crippen molar-refractivity contribution in [2.45, 2.75) is 13.0 Å². The smallest absolute Gasteiger partial charge is 0.311 e. The number of aromatic amines is 1. The monoisotopic (exact) mass is 209 g/mol. The first-order chi connectivity index (χ1) is 7.21. The number of tetrazole rings is 1. The van der Waals surface area contributed by atoms with E-state index in [4.69, 9.17) is 5.11 Å². The van der Waals surface area contributed by atoms with Gasteiger partial charge in [-0.05, 0) is 12.3 Å². The molecule has 1 saturated carbocycles. The quantitative estimate of drug-likeness (QED) is 0.670. The zero-order chi connectivity index (χ0) is 10.5. The van der Waals surface area contributed by atoms with Crippen molar-refractivity contribution in [2.24, 2.45) is 11.3 Å². The van der Waals surface area contributed by atoms with Gasteiger partial charge < -0.3 is 5.11 Å². The standard InChI is InChI=1S/C8H11N5O2/c14-7(15)8-1-5(8)2-13(4-8)3-6-9-11-12-10-6/h5H,1-4H2,(H,14,15)(H,9,10,11,12). The third kappa shape index (κ3) is 1.23. The number of likely N-dealkylation sites (tertiary alicyclic amines) is 1. The van der Waals surface area contributed by atoms with Gasteiger partial charge in [0.25, 0.3) is 0 Å². The van der Waals surface area contributed by atoms with Crippen molar-refractivity contribution in [3.8, 4) is 0 Å². The summed E-state index contributed by atoms with van der Waals surface area (Å²) in [6.07, 6.45) is 0.824. The van der Waals surface area contributed by atoms with Gasteiger partial charge in [-0.15, -0.1) is 10.2 Å². The van der Waals surface area contributed by atoms with Crippen LogP contribution in [0.5, 0.6) is 0 Å². The highest BCUT2D eigenvalue weighted by molar-refractivity contribution is 5.79. The number of carbonyl (C=O) groups is 1. The maximum Gasteiger partial charge on any atom is 0.311 e. The van der Waals surface area contributed by atoms with Gasteiger partial charge in [-0.1, -0.05) is 5.21 Å². The molecule has 7 heteroatoms. The number of nitrogens with zero attached hydrogens (tertiary/aromatic N) is 4. The summed E-state index contributed by atoms with van der Waals surface area (Å²) < 4.78 is 0. The van der Waals surface area contributed by atoms with Crippen LogP contribution in [0.4, 0.5) is 0 Å². The Bertz CT molecular complexity index is 392. The molecule has 15 heavy (non-hydrogen) atoms. The van der Waals surface area contributed by atoms with E-state index in [1.165, 1.54) is 0 Å². The predicted molar refractivity (Wildman–Crippen MR) is 47.6 cm³/mol. The molecule has 7 nitrogen and oxygen atoms in total. The highest BCUT2D eigenvalue weighted by Crippen LogP contribution is 2.57. The van der Waals surface area contributed by atoms with E-state index in [2.05, 4.69) is 25.5 Å². The number of carboxylic acid groups (broad SMARTS) is 1. The molecule has 2 N–H and O–H groups in total. The van der Waals surface area contributed by atoms with Gasteiger partial charge in [0, 0.05) is 13.1 Å². The van der Waals surface area contributed by atoms with Crippen LogP contribution in [0.2, 0.25) is 0 Å². The summed E-state index contributed by atoms with van der Waals surface area (Å²) in [4.78, 5) is 13.1. The number of H-pyrrole nitrogens is 1. The van der Waals surface area contributed by atoms with Crippen LogP contribution in [0.25, 0.3) is 0 Å². The number of carboxylic acids is 1. The van der Waals surface area contributed by atoms with Gasteiger partial charge in [-0.3, -0.25) is 9.69 Å². The Labute approximate surface area is 85.5 Å². The molecule has 0 spiro atoms. The molecule has 0 aromatic carbocycles. The summed E-state index contributed by atoms with van der Waals surface area (Å²) in [5, 5.41) is 22.6. The normalized spacial score (nSPS) is 34.0. The van der Waals surface area contributed by atoms with Crippen molar-refractivity contribution in [2.75, 3.05) is 13.1 Å². The second kappa shape index (κ2) is 2.75. The zero-order valence-corrected chi connectivity index (χ0v) is 8.05. The Morgan fingerprint density at radius 2 is 2.60 bits per heavy atom. The predicted octanol–water partition coefficient (Wildman–Crippen LogP) is -0.894. The maximum absolute atomic E-state index is 11.0. The summed E-state index contributed by atoms with van der Waals surface area (Å²) in [5.74, 6) is 0.279. The number of hydrogen-bond acceptors (Lipinski definition) is 5. The van der Waals surface area contributed by atoms with Gasteiger partial charge >= 0.3 is 5.97 Å². The van der Waals surface area contributed by atoms with Crippen LogP contribution < -0.4 is 0 Å². The molecule has 0 bridgehead atoms. The van der Waals surface area contributed by atoms with Gasteiger partial charge in [0.1, 0.15) is 0 Å². The fourth-order valence-corrected chi connectivity index (χ4v) is 2.49. The Kier molecular flexibility index (Phi) is 1.61. The molecule has 2 atom stereocenters. The van der Waals surface area contributed by atoms with Crippen LogP contribution in [0.15, 0.2) is 0 Å². The first-order valence-corrected chi connectivity index (χ1v) is 4.89. The molecule has 0 amide bonds. The molecular formula is C8H11N5O2. The highest BCUT2D eigenvalue weighted by Gasteiger charge is 2.65. The van der Waals surface area contributed by atoms with E-state index >= 15 is 0 Å². The van der Waals surface area contributed by atoms with E-state index in [1.54, 1.807) is 0 Å². The summed E-state index contributed by atoms with van der Waals surface area (Å²) in [5.41, 5.74) is -0.469. The highest BCUT2D eigenvalue weighted by atomic mass is 16.4. The van der Waals surface area contributed by atoms with E-state index in [0.717, 1.165) is 13.0 Å². The topological polar surface area (TPSA) is 95.0 Å². The number of rotatable bonds is 3. The minimum atomic E-state index is -0.664. The number of hydrogen-bond donors (Lipinski definition) is 2. The molecule has 1 aliphatic heterocycles. The number of piperidine rings is 1. The van der Waals surface area contributed by atoms with Crippen LogP contribution in [0.3, 0.4) is 0 Å². The lowest BCUT2D eigenvalue weighted by Gasteiger charge is -2.16. The van der Waals surface area contributed by atoms with Gasteiger partial charge in [0.15, 0.2) is 5.82 Å². The van der Waals surface area contributed by atoms with Gasteiger partial charge in [-0.25, -0.2) is 0 Å². The van der Waals surface area contributed by atoms with E-state index in [0.29, 0.717) is 24.8 Å². The summed E-state index contributed by atoms with van der Waals surface area (Å²) in [7, 11) is 0. The Hall–Kier alpha value is -1.50. The number of fused-ring (bicyclic) bond motifs is 1. The molecule has 2 aliphatic rings. The van der Waals surface area contributed by atoms with Crippen molar-refractivity contribution >= 4 is 5.97 Å².